The lowest BCUT2D eigenvalue weighted by Crippen LogP contribution is -2.17. The number of carbonyl (C=O) groups is 3. The highest BCUT2D eigenvalue weighted by Crippen LogP contribution is 2.33. The van der Waals surface area contributed by atoms with E-state index in [0.717, 1.165) is 28.3 Å². The van der Waals surface area contributed by atoms with Crippen LogP contribution < -0.4 is 10.6 Å². The molecule has 0 unspecified atom stereocenters. The van der Waals surface area contributed by atoms with Gasteiger partial charge in [0.05, 0.1) is 4.91 Å². The molecule has 0 aliphatic carbocycles. The standard InChI is InChI=1S/C19H13N3O4S/c1-10(23)21-13-4-2-11(3-5-13)15-9-20-8-12-6-14(26-17(12)15)7-16-18(24)22-19(25)27-16/h2-9H,1H3,(H,21,23)(H,22,24,25). The number of fused-ring (bicyclic) bond motifs is 1. The maximum absolute atomic E-state index is 11.7. The average Bonchev–Trinajstić information content (AvgIpc) is 3.17. The number of furan rings is 1. The molecule has 3 amide bonds. The first-order valence-electron chi connectivity index (χ1n) is 8.00. The van der Waals surface area contributed by atoms with E-state index in [0.29, 0.717) is 17.0 Å². The zero-order valence-corrected chi connectivity index (χ0v) is 14.9. The number of hydrogen-bond donors (Lipinski definition) is 2. The van der Waals surface area contributed by atoms with Crippen molar-refractivity contribution in [2.45, 2.75) is 6.92 Å². The second-order valence-electron chi connectivity index (χ2n) is 5.86. The fourth-order valence-corrected chi connectivity index (χ4v) is 3.41. The predicted octanol–water partition coefficient (Wildman–Crippen LogP) is 3.78. The SMILES string of the molecule is CC(=O)Nc1ccc(-c2cncc3cc(C=C4SC(=O)NC4=O)oc23)cc1. The lowest BCUT2D eigenvalue weighted by atomic mass is 10.1. The van der Waals surface area contributed by atoms with Crippen molar-refractivity contribution in [1.29, 1.82) is 0 Å². The van der Waals surface area contributed by atoms with Crippen molar-refractivity contribution in [2.75, 3.05) is 5.32 Å². The van der Waals surface area contributed by atoms with Crippen LogP contribution in [0.25, 0.3) is 28.2 Å². The highest BCUT2D eigenvalue weighted by Gasteiger charge is 2.25. The van der Waals surface area contributed by atoms with E-state index in [-0.39, 0.29) is 10.8 Å². The number of nitrogens with one attached hydrogen (secondary N) is 2. The van der Waals surface area contributed by atoms with Gasteiger partial charge in [0.1, 0.15) is 11.3 Å². The molecule has 27 heavy (non-hydrogen) atoms. The molecule has 2 aromatic heterocycles. The van der Waals surface area contributed by atoms with Gasteiger partial charge in [0.2, 0.25) is 5.91 Å². The number of pyridine rings is 1. The van der Waals surface area contributed by atoms with Gasteiger partial charge in [-0.15, -0.1) is 0 Å². The fraction of sp³-hybridized carbons (Fsp3) is 0.0526. The molecule has 1 aliphatic heterocycles. The van der Waals surface area contributed by atoms with Crippen molar-refractivity contribution < 1.29 is 18.8 Å². The average molecular weight is 379 g/mol. The molecule has 3 heterocycles. The minimum Gasteiger partial charge on any atom is -0.456 e. The first-order valence-corrected chi connectivity index (χ1v) is 8.82. The number of benzene rings is 1. The number of hydrogen-bond acceptors (Lipinski definition) is 6. The third kappa shape index (κ3) is 3.47. The van der Waals surface area contributed by atoms with Crippen LogP contribution in [0, 0.1) is 0 Å². The molecule has 1 fully saturated rings. The molecule has 134 valence electrons. The predicted molar refractivity (Wildman–Crippen MR) is 103 cm³/mol. The van der Waals surface area contributed by atoms with Crippen LogP contribution in [0.5, 0.6) is 0 Å². The first kappa shape index (κ1) is 17.0. The zero-order valence-electron chi connectivity index (χ0n) is 14.1. The van der Waals surface area contributed by atoms with Crippen molar-refractivity contribution in [3.63, 3.8) is 0 Å². The van der Waals surface area contributed by atoms with Gasteiger partial charge in [0.25, 0.3) is 11.1 Å². The van der Waals surface area contributed by atoms with Crippen molar-refractivity contribution in [1.82, 2.24) is 10.3 Å². The third-order valence-electron chi connectivity index (χ3n) is 3.87. The van der Waals surface area contributed by atoms with Crippen molar-refractivity contribution in [3.05, 3.63) is 53.4 Å². The summed E-state index contributed by atoms with van der Waals surface area (Å²) in [5.41, 5.74) is 2.98. The number of imide groups is 1. The van der Waals surface area contributed by atoms with E-state index in [1.165, 1.54) is 13.0 Å². The maximum atomic E-state index is 11.7. The van der Waals surface area contributed by atoms with E-state index in [1.807, 2.05) is 12.1 Å². The lowest BCUT2D eigenvalue weighted by Gasteiger charge is -2.05. The monoisotopic (exact) mass is 379 g/mol. The van der Waals surface area contributed by atoms with Crippen LogP contribution in [-0.4, -0.2) is 22.0 Å². The second-order valence-corrected chi connectivity index (χ2v) is 6.88. The summed E-state index contributed by atoms with van der Waals surface area (Å²) < 4.78 is 5.90. The number of thioether (sulfide) groups is 1. The summed E-state index contributed by atoms with van der Waals surface area (Å²) in [6, 6.07) is 9.09. The summed E-state index contributed by atoms with van der Waals surface area (Å²) in [5, 5.41) is 5.31. The Balaban J connectivity index is 1.71. The smallest absolute Gasteiger partial charge is 0.290 e. The Hall–Kier alpha value is -3.39. The topological polar surface area (TPSA) is 101 Å². The number of carbonyl (C=O) groups excluding carboxylic acids is 3. The Bertz CT molecular complexity index is 1120. The molecule has 2 N–H and O–H groups in total. The summed E-state index contributed by atoms with van der Waals surface area (Å²) in [7, 11) is 0. The van der Waals surface area contributed by atoms with E-state index in [4.69, 9.17) is 4.42 Å². The quantitative estimate of drug-likeness (QED) is 0.672. The highest BCUT2D eigenvalue weighted by atomic mass is 32.2. The molecule has 0 saturated carbocycles. The number of nitrogens with zero attached hydrogens (tertiary/aromatic N) is 1. The number of aromatic nitrogens is 1. The molecule has 0 atom stereocenters. The van der Waals surface area contributed by atoms with Gasteiger partial charge in [-0.05, 0) is 35.5 Å². The fourth-order valence-electron chi connectivity index (χ4n) is 2.75. The van der Waals surface area contributed by atoms with Crippen LogP contribution in [0.15, 0.2) is 52.0 Å². The first-order chi connectivity index (χ1) is 13.0. The summed E-state index contributed by atoms with van der Waals surface area (Å²) in [6.07, 6.45) is 4.90. The second kappa shape index (κ2) is 6.73. The van der Waals surface area contributed by atoms with Gasteiger partial charge in [0.15, 0.2) is 0 Å². The van der Waals surface area contributed by atoms with Gasteiger partial charge in [0, 0.05) is 42.0 Å². The molecular weight excluding hydrogens is 366 g/mol. The minimum atomic E-state index is -0.433. The molecule has 3 aromatic rings. The molecule has 1 saturated heterocycles. The van der Waals surface area contributed by atoms with Crippen molar-refractivity contribution >= 4 is 51.5 Å². The molecule has 0 radical (unpaired) electrons. The van der Waals surface area contributed by atoms with Crippen LogP contribution in [-0.2, 0) is 9.59 Å². The highest BCUT2D eigenvalue weighted by molar-refractivity contribution is 8.18. The largest absolute Gasteiger partial charge is 0.456 e. The number of amides is 3. The molecule has 4 rings (SSSR count). The van der Waals surface area contributed by atoms with Crippen LogP contribution in [0.2, 0.25) is 0 Å². The number of anilines is 1. The molecule has 1 aromatic carbocycles. The molecule has 7 nitrogen and oxygen atoms in total. The molecule has 0 spiro atoms. The zero-order chi connectivity index (χ0) is 19.0. The van der Waals surface area contributed by atoms with Gasteiger partial charge in [-0.25, -0.2) is 0 Å². The van der Waals surface area contributed by atoms with E-state index < -0.39 is 11.1 Å². The van der Waals surface area contributed by atoms with E-state index in [2.05, 4.69) is 15.6 Å². The molecule has 1 aliphatic rings. The summed E-state index contributed by atoms with van der Waals surface area (Å²) in [4.78, 5) is 38.6. The third-order valence-corrected chi connectivity index (χ3v) is 4.68. The van der Waals surface area contributed by atoms with Gasteiger partial charge >= 0.3 is 0 Å². The van der Waals surface area contributed by atoms with Crippen LogP contribution in [0.1, 0.15) is 12.7 Å². The maximum Gasteiger partial charge on any atom is 0.290 e. The molecule has 8 heteroatoms. The summed E-state index contributed by atoms with van der Waals surface area (Å²) >= 11 is 0.837. The number of rotatable bonds is 3. The molecule has 0 bridgehead atoms. The Morgan fingerprint density at radius 1 is 1.22 bits per heavy atom. The van der Waals surface area contributed by atoms with Crippen LogP contribution >= 0.6 is 11.8 Å². The van der Waals surface area contributed by atoms with E-state index in [1.54, 1.807) is 30.6 Å². The summed E-state index contributed by atoms with van der Waals surface area (Å²) in [6.45, 7) is 1.45. The van der Waals surface area contributed by atoms with Gasteiger partial charge in [-0.2, -0.15) is 0 Å². The normalized spacial score (nSPS) is 15.4. The van der Waals surface area contributed by atoms with Crippen molar-refractivity contribution in [3.8, 4) is 11.1 Å². The molecular formula is C19H13N3O4S. The van der Waals surface area contributed by atoms with E-state index in [9.17, 15) is 14.4 Å². The lowest BCUT2D eigenvalue weighted by molar-refractivity contribution is -0.115. The van der Waals surface area contributed by atoms with Crippen molar-refractivity contribution in [2.24, 2.45) is 0 Å². The Kier molecular flexibility index (Phi) is 4.25. The van der Waals surface area contributed by atoms with E-state index >= 15 is 0 Å². The van der Waals surface area contributed by atoms with Crippen LogP contribution in [0.3, 0.4) is 0 Å². The Labute approximate surface area is 157 Å². The van der Waals surface area contributed by atoms with Gasteiger partial charge in [-0.1, -0.05) is 12.1 Å². The Morgan fingerprint density at radius 2 is 2.00 bits per heavy atom. The minimum absolute atomic E-state index is 0.137. The summed E-state index contributed by atoms with van der Waals surface area (Å²) in [5.74, 6) is -0.110. The van der Waals surface area contributed by atoms with Gasteiger partial charge < -0.3 is 9.73 Å². The van der Waals surface area contributed by atoms with Crippen LogP contribution in [0.4, 0.5) is 10.5 Å². The van der Waals surface area contributed by atoms with Gasteiger partial charge in [-0.3, -0.25) is 24.7 Å². The Morgan fingerprint density at radius 3 is 2.67 bits per heavy atom.